The molecule has 21 heavy (non-hydrogen) atoms. The molecule has 0 aromatic heterocycles. The summed E-state index contributed by atoms with van der Waals surface area (Å²) in [5.41, 5.74) is 5.95. The molecule has 5 nitrogen and oxygen atoms in total. The SMILES string of the molecule is CCCCNC(=O)C1CCCN(C(=O)[C@@H](N)CCSC)C1. The molecule has 2 atom stereocenters. The molecule has 1 unspecified atom stereocenters. The van der Waals surface area contributed by atoms with E-state index in [2.05, 4.69) is 12.2 Å². The van der Waals surface area contributed by atoms with E-state index in [-0.39, 0.29) is 17.7 Å². The normalized spacial score (nSPS) is 20.1. The summed E-state index contributed by atoms with van der Waals surface area (Å²) in [6.07, 6.45) is 6.52. The third kappa shape index (κ3) is 6.26. The van der Waals surface area contributed by atoms with Gasteiger partial charge in [0.1, 0.15) is 0 Å². The lowest BCUT2D eigenvalue weighted by atomic mass is 9.96. The molecule has 1 rings (SSSR count). The second-order valence-corrected chi connectivity index (χ2v) is 6.64. The molecule has 0 aliphatic carbocycles. The predicted octanol–water partition coefficient (Wildman–Crippen LogP) is 1.22. The smallest absolute Gasteiger partial charge is 0.239 e. The lowest BCUT2D eigenvalue weighted by Gasteiger charge is -2.33. The Morgan fingerprint density at radius 1 is 1.48 bits per heavy atom. The Balaban J connectivity index is 2.43. The van der Waals surface area contributed by atoms with Crippen molar-refractivity contribution < 1.29 is 9.59 Å². The second kappa shape index (κ2) is 10.1. The Morgan fingerprint density at radius 3 is 2.90 bits per heavy atom. The van der Waals surface area contributed by atoms with E-state index in [0.29, 0.717) is 13.0 Å². The van der Waals surface area contributed by atoms with E-state index in [0.717, 1.165) is 44.5 Å². The molecule has 1 aliphatic rings. The number of unbranched alkanes of at least 4 members (excludes halogenated alkanes) is 1. The summed E-state index contributed by atoms with van der Waals surface area (Å²) in [5, 5.41) is 2.96. The fourth-order valence-electron chi connectivity index (χ4n) is 2.53. The summed E-state index contributed by atoms with van der Waals surface area (Å²) in [7, 11) is 0. The first kappa shape index (κ1) is 18.3. The first-order chi connectivity index (χ1) is 10.1. The van der Waals surface area contributed by atoms with Crippen LogP contribution in [0.4, 0.5) is 0 Å². The Kier molecular flexibility index (Phi) is 8.76. The van der Waals surface area contributed by atoms with Crippen molar-refractivity contribution in [1.29, 1.82) is 0 Å². The lowest BCUT2D eigenvalue weighted by Crippen LogP contribution is -2.50. The van der Waals surface area contributed by atoms with E-state index in [9.17, 15) is 9.59 Å². The van der Waals surface area contributed by atoms with Crippen molar-refractivity contribution in [3.8, 4) is 0 Å². The average molecular weight is 315 g/mol. The number of hydrogen-bond acceptors (Lipinski definition) is 4. The summed E-state index contributed by atoms with van der Waals surface area (Å²) >= 11 is 1.70. The summed E-state index contributed by atoms with van der Waals surface area (Å²) in [5.74, 6) is 0.892. The van der Waals surface area contributed by atoms with Crippen LogP contribution in [0.3, 0.4) is 0 Å². The van der Waals surface area contributed by atoms with Crippen LogP contribution in [0.1, 0.15) is 39.0 Å². The Labute approximate surface area is 132 Å². The van der Waals surface area contributed by atoms with Crippen LogP contribution in [-0.4, -0.2) is 54.4 Å². The Morgan fingerprint density at radius 2 is 2.24 bits per heavy atom. The molecule has 6 heteroatoms. The van der Waals surface area contributed by atoms with E-state index in [1.54, 1.807) is 16.7 Å². The van der Waals surface area contributed by atoms with Crippen LogP contribution < -0.4 is 11.1 Å². The fraction of sp³-hybridized carbons (Fsp3) is 0.867. The molecule has 0 radical (unpaired) electrons. The molecule has 1 fully saturated rings. The van der Waals surface area contributed by atoms with Crippen molar-refractivity contribution in [2.75, 3.05) is 31.6 Å². The van der Waals surface area contributed by atoms with E-state index in [1.807, 2.05) is 6.26 Å². The number of nitrogens with two attached hydrogens (primary N) is 1. The summed E-state index contributed by atoms with van der Waals surface area (Å²) in [4.78, 5) is 26.2. The molecule has 3 N–H and O–H groups in total. The fourth-order valence-corrected chi connectivity index (χ4v) is 3.02. The van der Waals surface area contributed by atoms with Crippen molar-refractivity contribution in [1.82, 2.24) is 10.2 Å². The van der Waals surface area contributed by atoms with E-state index < -0.39 is 6.04 Å². The van der Waals surface area contributed by atoms with Gasteiger partial charge >= 0.3 is 0 Å². The maximum atomic E-state index is 12.3. The van der Waals surface area contributed by atoms with Gasteiger partial charge in [0, 0.05) is 19.6 Å². The largest absolute Gasteiger partial charge is 0.356 e. The number of hydrogen-bond donors (Lipinski definition) is 2. The van der Waals surface area contributed by atoms with Crippen molar-refractivity contribution in [2.45, 2.75) is 45.1 Å². The number of piperidine rings is 1. The average Bonchev–Trinajstić information content (AvgIpc) is 2.52. The minimum absolute atomic E-state index is 0.00453. The highest BCUT2D eigenvalue weighted by atomic mass is 32.2. The molecule has 1 heterocycles. The van der Waals surface area contributed by atoms with E-state index in [4.69, 9.17) is 5.73 Å². The summed E-state index contributed by atoms with van der Waals surface area (Å²) in [6, 6.07) is -0.431. The number of likely N-dealkylation sites (tertiary alicyclic amines) is 1. The standard InChI is InChI=1S/C15H29N3O2S/c1-3-4-8-17-14(19)12-6-5-9-18(11-12)15(20)13(16)7-10-21-2/h12-13H,3-11,16H2,1-2H3,(H,17,19)/t12?,13-/m0/s1. The minimum atomic E-state index is -0.431. The van der Waals surface area contributed by atoms with Gasteiger partial charge in [0.05, 0.1) is 12.0 Å². The Hall–Kier alpha value is -0.750. The quantitative estimate of drug-likeness (QED) is 0.661. The monoisotopic (exact) mass is 315 g/mol. The molecule has 122 valence electrons. The molecule has 0 saturated carbocycles. The Bertz CT molecular complexity index is 339. The number of carbonyl (C=O) groups is 2. The molecule has 0 spiro atoms. The van der Waals surface area contributed by atoms with Crippen LogP contribution in [0.5, 0.6) is 0 Å². The maximum absolute atomic E-state index is 12.3. The van der Waals surface area contributed by atoms with Crippen LogP contribution in [-0.2, 0) is 9.59 Å². The zero-order chi connectivity index (χ0) is 15.7. The van der Waals surface area contributed by atoms with Crippen LogP contribution in [0.25, 0.3) is 0 Å². The van der Waals surface area contributed by atoms with Gasteiger partial charge in [-0.05, 0) is 37.7 Å². The molecular weight excluding hydrogens is 286 g/mol. The molecule has 1 saturated heterocycles. The van der Waals surface area contributed by atoms with Gasteiger partial charge in [-0.2, -0.15) is 11.8 Å². The number of carbonyl (C=O) groups excluding carboxylic acids is 2. The lowest BCUT2D eigenvalue weighted by molar-refractivity contribution is -0.136. The topological polar surface area (TPSA) is 75.4 Å². The van der Waals surface area contributed by atoms with Crippen molar-refractivity contribution >= 4 is 23.6 Å². The van der Waals surface area contributed by atoms with Crippen LogP contribution >= 0.6 is 11.8 Å². The third-order valence-corrected chi connectivity index (χ3v) is 4.53. The van der Waals surface area contributed by atoms with Gasteiger partial charge in [0.2, 0.25) is 11.8 Å². The van der Waals surface area contributed by atoms with Gasteiger partial charge in [-0.15, -0.1) is 0 Å². The first-order valence-electron chi connectivity index (χ1n) is 7.91. The van der Waals surface area contributed by atoms with Gasteiger partial charge < -0.3 is 16.0 Å². The molecule has 2 amide bonds. The number of nitrogens with zero attached hydrogens (tertiary/aromatic N) is 1. The molecule has 0 aromatic rings. The van der Waals surface area contributed by atoms with Crippen LogP contribution in [0, 0.1) is 5.92 Å². The number of rotatable bonds is 8. The van der Waals surface area contributed by atoms with Crippen molar-refractivity contribution in [3.05, 3.63) is 0 Å². The number of thioether (sulfide) groups is 1. The first-order valence-corrected chi connectivity index (χ1v) is 9.30. The zero-order valence-electron chi connectivity index (χ0n) is 13.3. The number of nitrogens with one attached hydrogen (secondary N) is 1. The molecular formula is C15H29N3O2S. The van der Waals surface area contributed by atoms with E-state index in [1.165, 1.54) is 0 Å². The van der Waals surface area contributed by atoms with Gasteiger partial charge in [0.15, 0.2) is 0 Å². The van der Waals surface area contributed by atoms with E-state index >= 15 is 0 Å². The van der Waals surface area contributed by atoms with Gasteiger partial charge in [-0.1, -0.05) is 13.3 Å². The van der Waals surface area contributed by atoms with Gasteiger partial charge in [-0.3, -0.25) is 9.59 Å². The predicted molar refractivity (Wildman–Crippen MR) is 88.2 cm³/mol. The van der Waals surface area contributed by atoms with Gasteiger partial charge in [0.25, 0.3) is 0 Å². The third-order valence-electron chi connectivity index (χ3n) is 3.88. The summed E-state index contributed by atoms with van der Waals surface area (Å²) < 4.78 is 0. The molecule has 0 aromatic carbocycles. The summed E-state index contributed by atoms with van der Waals surface area (Å²) in [6.45, 7) is 4.07. The van der Waals surface area contributed by atoms with Crippen molar-refractivity contribution in [2.24, 2.45) is 11.7 Å². The number of amides is 2. The van der Waals surface area contributed by atoms with Crippen LogP contribution in [0.15, 0.2) is 0 Å². The highest BCUT2D eigenvalue weighted by Crippen LogP contribution is 2.18. The maximum Gasteiger partial charge on any atom is 0.239 e. The highest BCUT2D eigenvalue weighted by molar-refractivity contribution is 7.98. The molecule has 1 aliphatic heterocycles. The van der Waals surface area contributed by atoms with Crippen molar-refractivity contribution in [3.63, 3.8) is 0 Å². The van der Waals surface area contributed by atoms with Crippen LogP contribution in [0.2, 0.25) is 0 Å². The minimum Gasteiger partial charge on any atom is -0.356 e. The highest BCUT2D eigenvalue weighted by Gasteiger charge is 2.30. The zero-order valence-corrected chi connectivity index (χ0v) is 14.1. The second-order valence-electron chi connectivity index (χ2n) is 5.66. The van der Waals surface area contributed by atoms with Gasteiger partial charge in [-0.25, -0.2) is 0 Å². The molecule has 0 bridgehead atoms.